The minimum atomic E-state index is -3.15. The van der Waals surface area contributed by atoms with E-state index in [1.165, 1.54) is 5.56 Å². The van der Waals surface area contributed by atoms with Gasteiger partial charge in [0.15, 0.2) is 11.5 Å². The first-order valence-electron chi connectivity index (χ1n) is 7.49. The van der Waals surface area contributed by atoms with E-state index in [4.69, 9.17) is 9.47 Å². The molecule has 0 aromatic heterocycles. The van der Waals surface area contributed by atoms with E-state index in [1.807, 2.05) is 19.1 Å². The van der Waals surface area contributed by atoms with Crippen LogP contribution in [0.3, 0.4) is 0 Å². The lowest BCUT2D eigenvalue weighted by atomic mass is 10.00. The standard InChI is InChI=1S/C15H21NO4S/c1-2-3-8-21(17,18)16-5-4-12-9-14-15(10-13(12)11-16)20-7-6-19-14/h9-10H,2-8,11H2,1H3. The molecule has 1 aromatic carbocycles. The highest BCUT2D eigenvalue weighted by Gasteiger charge is 2.28. The number of nitrogens with zero attached hydrogens (tertiary/aromatic N) is 1. The Morgan fingerprint density at radius 1 is 1.14 bits per heavy atom. The zero-order valence-corrected chi connectivity index (χ0v) is 13.1. The number of hydrogen-bond acceptors (Lipinski definition) is 4. The van der Waals surface area contributed by atoms with E-state index >= 15 is 0 Å². The third-order valence-electron chi connectivity index (χ3n) is 3.99. The molecule has 0 bridgehead atoms. The summed E-state index contributed by atoms with van der Waals surface area (Å²) in [6, 6.07) is 3.94. The van der Waals surface area contributed by atoms with Crippen molar-refractivity contribution in [3.63, 3.8) is 0 Å². The molecule has 2 aliphatic heterocycles. The van der Waals surface area contributed by atoms with Crippen LogP contribution < -0.4 is 9.47 Å². The number of fused-ring (bicyclic) bond motifs is 2. The maximum atomic E-state index is 12.3. The summed E-state index contributed by atoms with van der Waals surface area (Å²) in [6.45, 7) is 4.12. The van der Waals surface area contributed by atoms with Gasteiger partial charge >= 0.3 is 0 Å². The van der Waals surface area contributed by atoms with Crippen molar-refractivity contribution in [2.45, 2.75) is 32.7 Å². The molecule has 116 valence electrons. The van der Waals surface area contributed by atoms with Crippen LogP contribution in [0.25, 0.3) is 0 Å². The van der Waals surface area contributed by atoms with E-state index < -0.39 is 10.0 Å². The number of ether oxygens (including phenoxy) is 2. The van der Waals surface area contributed by atoms with Crippen molar-refractivity contribution >= 4 is 10.0 Å². The molecule has 2 aliphatic rings. The van der Waals surface area contributed by atoms with Crippen molar-refractivity contribution in [1.82, 2.24) is 4.31 Å². The summed E-state index contributed by atoms with van der Waals surface area (Å²) < 4.78 is 37.4. The minimum Gasteiger partial charge on any atom is -0.486 e. The van der Waals surface area contributed by atoms with Crippen LogP contribution in [0.4, 0.5) is 0 Å². The monoisotopic (exact) mass is 311 g/mol. The van der Waals surface area contributed by atoms with E-state index in [1.54, 1.807) is 4.31 Å². The molecule has 0 amide bonds. The highest BCUT2D eigenvalue weighted by atomic mass is 32.2. The Morgan fingerprint density at radius 3 is 2.48 bits per heavy atom. The Morgan fingerprint density at radius 2 is 1.81 bits per heavy atom. The second kappa shape index (κ2) is 5.85. The third-order valence-corrected chi connectivity index (χ3v) is 5.89. The number of unbranched alkanes of at least 4 members (excludes halogenated alkanes) is 1. The Bertz CT molecular complexity index is 627. The molecule has 1 aromatic rings. The molecule has 3 rings (SSSR count). The number of benzene rings is 1. The lowest BCUT2D eigenvalue weighted by Gasteiger charge is -2.30. The van der Waals surface area contributed by atoms with Gasteiger partial charge in [-0.3, -0.25) is 0 Å². The van der Waals surface area contributed by atoms with Gasteiger partial charge in [0.25, 0.3) is 0 Å². The van der Waals surface area contributed by atoms with Gasteiger partial charge in [0.1, 0.15) is 13.2 Å². The van der Waals surface area contributed by atoms with E-state index in [0.717, 1.165) is 29.9 Å². The fraction of sp³-hybridized carbons (Fsp3) is 0.600. The third kappa shape index (κ3) is 3.01. The maximum Gasteiger partial charge on any atom is 0.214 e. The summed E-state index contributed by atoms with van der Waals surface area (Å²) in [5.74, 6) is 1.75. The molecule has 6 heteroatoms. The van der Waals surface area contributed by atoms with Crippen LogP contribution in [0, 0.1) is 0 Å². The second-order valence-corrected chi connectivity index (χ2v) is 7.61. The molecule has 0 atom stereocenters. The molecular weight excluding hydrogens is 290 g/mol. The number of hydrogen-bond donors (Lipinski definition) is 0. The Labute approximate surface area is 125 Å². The summed E-state index contributed by atoms with van der Waals surface area (Å²) in [4.78, 5) is 0. The molecular formula is C15H21NO4S. The molecule has 0 aliphatic carbocycles. The van der Waals surface area contributed by atoms with Crippen molar-refractivity contribution in [2.75, 3.05) is 25.5 Å². The summed E-state index contributed by atoms with van der Waals surface area (Å²) in [5, 5.41) is 0. The van der Waals surface area contributed by atoms with Gasteiger partial charge in [-0.15, -0.1) is 0 Å². The molecule has 21 heavy (non-hydrogen) atoms. The first-order chi connectivity index (χ1) is 10.1. The molecule has 0 saturated carbocycles. The van der Waals surface area contributed by atoms with Gasteiger partial charge in [-0.1, -0.05) is 13.3 Å². The molecule has 2 heterocycles. The highest BCUT2D eigenvalue weighted by molar-refractivity contribution is 7.89. The minimum absolute atomic E-state index is 0.239. The van der Waals surface area contributed by atoms with E-state index in [0.29, 0.717) is 32.7 Å². The van der Waals surface area contributed by atoms with E-state index in [-0.39, 0.29) is 5.75 Å². The lowest BCUT2D eigenvalue weighted by molar-refractivity contribution is 0.171. The van der Waals surface area contributed by atoms with Gasteiger partial charge in [-0.25, -0.2) is 8.42 Å². The Balaban J connectivity index is 1.82. The van der Waals surface area contributed by atoms with Crippen LogP contribution in [0.15, 0.2) is 12.1 Å². The molecule has 0 fully saturated rings. The molecule has 5 nitrogen and oxygen atoms in total. The first kappa shape index (κ1) is 14.7. The normalized spacial score (nSPS) is 18.3. The quantitative estimate of drug-likeness (QED) is 0.853. The van der Waals surface area contributed by atoms with Crippen LogP contribution >= 0.6 is 0 Å². The number of sulfonamides is 1. The fourth-order valence-corrected chi connectivity index (χ4v) is 4.38. The maximum absolute atomic E-state index is 12.3. The predicted octanol–water partition coefficient (Wildman–Crippen LogP) is 1.95. The van der Waals surface area contributed by atoms with Crippen LogP contribution in [-0.4, -0.2) is 38.2 Å². The van der Waals surface area contributed by atoms with Gasteiger partial charge in [-0.05, 0) is 36.1 Å². The lowest BCUT2D eigenvalue weighted by Crippen LogP contribution is -2.37. The average molecular weight is 311 g/mol. The topological polar surface area (TPSA) is 55.8 Å². The zero-order valence-electron chi connectivity index (χ0n) is 12.3. The molecule has 0 N–H and O–H groups in total. The molecule has 0 spiro atoms. The van der Waals surface area contributed by atoms with E-state index in [9.17, 15) is 8.42 Å². The fourth-order valence-electron chi connectivity index (χ4n) is 2.76. The summed E-state index contributed by atoms with van der Waals surface area (Å²) in [6.07, 6.45) is 2.34. The van der Waals surface area contributed by atoms with Gasteiger partial charge < -0.3 is 9.47 Å². The van der Waals surface area contributed by atoms with Crippen LogP contribution in [0.1, 0.15) is 30.9 Å². The summed E-state index contributed by atoms with van der Waals surface area (Å²) >= 11 is 0. The number of rotatable bonds is 4. The SMILES string of the molecule is CCCCS(=O)(=O)N1CCc2cc3c(cc2C1)OCCO3. The van der Waals surface area contributed by atoms with Gasteiger partial charge in [-0.2, -0.15) is 4.31 Å². The van der Waals surface area contributed by atoms with Gasteiger partial charge in [0, 0.05) is 13.1 Å². The van der Waals surface area contributed by atoms with E-state index in [2.05, 4.69) is 0 Å². The second-order valence-electron chi connectivity index (χ2n) is 5.52. The van der Waals surface area contributed by atoms with Crippen molar-refractivity contribution in [3.05, 3.63) is 23.3 Å². The van der Waals surface area contributed by atoms with Gasteiger partial charge in [0.05, 0.1) is 5.75 Å². The Hall–Kier alpha value is -1.27. The summed E-state index contributed by atoms with van der Waals surface area (Å²) in [7, 11) is -3.15. The molecule has 0 radical (unpaired) electrons. The van der Waals surface area contributed by atoms with Crippen LogP contribution in [-0.2, 0) is 23.0 Å². The van der Waals surface area contributed by atoms with Crippen molar-refractivity contribution in [1.29, 1.82) is 0 Å². The van der Waals surface area contributed by atoms with Crippen LogP contribution in [0.2, 0.25) is 0 Å². The molecule has 0 saturated heterocycles. The smallest absolute Gasteiger partial charge is 0.214 e. The van der Waals surface area contributed by atoms with Crippen molar-refractivity contribution in [3.8, 4) is 11.5 Å². The van der Waals surface area contributed by atoms with Crippen molar-refractivity contribution < 1.29 is 17.9 Å². The predicted molar refractivity (Wildman–Crippen MR) is 80.2 cm³/mol. The Kier molecular flexibility index (Phi) is 4.08. The average Bonchev–Trinajstić information content (AvgIpc) is 2.50. The largest absolute Gasteiger partial charge is 0.486 e. The molecule has 0 unspecified atom stereocenters. The zero-order chi connectivity index (χ0) is 14.9. The van der Waals surface area contributed by atoms with Gasteiger partial charge in [0.2, 0.25) is 10.0 Å². The first-order valence-corrected chi connectivity index (χ1v) is 9.10. The summed E-state index contributed by atoms with van der Waals surface area (Å²) in [5.41, 5.74) is 2.20. The van der Waals surface area contributed by atoms with Crippen LogP contribution in [0.5, 0.6) is 11.5 Å². The highest BCUT2D eigenvalue weighted by Crippen LogP contribution is 2.35. The van der Waals surface area contributed by atoms with Crippen molar-refractivity contribution in [2.24, 2.45) is 0 Å².